The summed E-state index contributed by atoms with van der Waals surface area (Å²) in [6.07, 6.45) is 2.34. The van der Waals surface area contributed by atoms with E-state index < -0.39 is 11.9 Å². The Morgan fingerprint density at radius 1 is 1.31 bits per heavy atom. The van der Waals surface area contributed by atoms with Crippen molar-refractivity contribution >= 4 is 11.9 Å². The Labute approximate surface area is 156 Å². The van der Waals surface area contributed by atoms with Crippen molar-refractivity contribution in [3.05, 3.63) is 29.3 Å². The summed E-state index contributed by atoms with van der Waals surface area (Å²) in [7, 11) is 0. The van der Waals surface area contributed by atoms with E-state index in [-0.39, 0.29) is 17.7 Å². The van der Waals surface area contributed by atoms with Crippen molar-refractivity contribution in [2.75, 3.05) is 19.7 Å². The number of aliphatic carboxylic acids is 1. The number of rotatable bonds is 9. The highest BCUT2D eigenvalue weighted by atomic mass is 16.5. The first-order chi connectivity index (χ1) is 12.4. The minimum atomic E-state index is -0.757. The molecular formula is C21H31NO4. The van der Waals surface area contributed by atoms with Crippen molar-refractivity contribution in [3.63, 3.8) is 0 Å². The molecule has 0 aliphatic carbocycles. The number of carbonyl (C=O) groups is 2. The van der Waals surface area contributed by atoms with Gasteiger partial charge >= 0.3 is 5.97 Å². The third-order valence-corrected chi connectivity index (χ3v) is 5.59. The molecule has 0 saturated heterocycles. The fourth-order valence-electron chi connectivity index (χ4n) is 4.02. The van der Waals surface area contributed by atoms with E-state index in [9.17, 15) is 14.7 Å². The molecule has 1 N–H and O–H groups in total. The van der Waals surface area contributed by atoms with E-state index >= 15 is 0 Å². The number of carboxylic acid groups (broad SMARTS) is 1. The molecular weight excluding hydrogens is 330 g/mol. The van der Waals surface area contributed by atoms with Crippen molar-refractivity contribution in [2.24, 2.45) is 11.8 Å². The SMILES string of the molecule is CC[C@H](c1ccc2c(c1)CCO2)[C@@H](C(=O)O)[C@@H](C)CCN(CC)C(C)=O. The number of carbonyl (C=O) groups excluding carboxylic acids is 1. The average molecular weight is 361 g/mol. The van der Waals surface area contributed by atoms with E-state index in [0.717, 1.165) is 24.2 Å². The largest absolute Gasteiger partial charge is 0.493 e. The van der Waals surface area contributed by atoms with Crippen LogP contribution in [0.15, 0.2) is 18.2 Å². The lowest BCUT2D eigenvalue weighted by molar-refractivity contribution is -0.144. The number of amides is 1. The average Bonchev–Trinajstić information content (AvgIpc) is 3.06. The normalized spacial score (nSPS) is 16.3. The van der Waals surface area contributed by atoms with Crippen LogP contribution in [0.1, 0.15) is 57.6 Å². The van der Waals surface area contributed by atoms with Gasteiger partial charge in [0.25, 0.3) is 0 Å². The molecule has 1 aliphatic rings. The molecule has 2 rings (SSSR count). The van der Waals surface area contributed by atoms with Crippen LogP contribution in [0.25, 0.3) is 0 Å². The van der Waals surface area contributed by atoms with E-state index in [1.807, 2.05) is 32.9 Å². The van der Waals surface area contributed by atoms with Crippen LogP contribution in [0.3, 0.4) is 0 Å². The zero-order valence-corrected chi connectivity index (χ0v) is 16.3. The lowest BCUT2D eigenvalue weighted by Crippen LogP contribution is -2.34. The van der Waals surface area contributed by atoms with Crippen LogP contribution in [-0.2, 0) is 16.0 Å². The van der Waals surface area contributed by atoms with Gasteiger partial charge in [0.2, 0.25) is 5.91 Å². The molecule has 1 aromatic rings. The molecule has 1 heterocycles. The van der Waals surface area contributed by atoms with Crippen LogP contribution in [-0.4, -0.2) is 41.6 Å². The molecule has 5 nitrogen and oxygen atoms in total. The number of ether oxygens (including phenoxy) is 1. The molecule has 0 spiro atoms. The Hall–Kier alpha value is -2.04. The highest BCUT2D eigenvalue weighted by Gasteiger charge is 2.33. The van der Waals surface area contributed by atoms with Crippen LogP contribution in [0.4, 0.5) is 0 Å². The van der Waals surface area contributed by atoms with E-state index in [0.29, 0.717) is 26.1 Å². The fourth-order valence-corrected chi connectivity index (χ4v) is 4.02. The zero-order valence-electron chi connectivity index (χ0n) is 16.3. The lowest BCUT2D eigenvalue weighted by Gasteiger charge is -2.30. The van der Waals surface area contributed by atoms with Gasteiger partial charge in [0.15, 0.2) is 0 Å². The van der Waals surface area contributed by atoms with Crippen LogP contribution in [0, 0.1) is 11.8 Å². The molecule has 0 fully saturated rings. The Bertz CT molecular complexity index is 643. The first kappa shape index (κ1) is 20.3. The molecule has 0 unspecified atom stereocenters. The number of hydrogen-bond donors (Lipinski definition) is 1. The topological polar surface area (TPSA) is 66.8 Å². The van der Waals surface area contributed by atoms with Crippen molar-refractivity contribution in [1.82, 2.24) is 4.90 Å². The predicted molar refractivity (Wildman–Crippen MR) is 102 cm³/mol. The van der Waals surface area contributed by atoms with Crippen LogP contribution in [0.5, 0.6) is 5.75 Å². The van der Waals surface area contributed by atoms with E-state index in [1.54, 1.807) is 11.8 Å². The fraction of sp³-hybridized carbons (Fsp3) is 0.619. The quantitative estimate of drug-likeness (QED) is 0.728. The smallest absolute Gasteiger partial charge is 0.307 e. The van der Waals surface area contributed by atoms with Crippen molar-refractivity contribution in [2.45, 2.75) is 52.9 Å². The molecule has 1 aromatic carbocycles. The first-order valence-corrected chi connectivity index (χ1v) is 9.62. The van der Waals surface area contributed by atoms with E-state index in [1.165, 1.54) is 5.56 Å². The second-order valence-electron chi connectivity index (χ2n) is 7.21. The minimum Gasteiger partial charge on any atom is -0.493 e. The van der Waals surface area contributed by atoms with Crippen LogP contribution >= 0.6 is 0 Å². The third-order valence-electron chi connectivity index (χ3n) is 5.59. The van der Waals surface area contributed by atoms with Crippen molar-refractivity contribution < 1.29 is 19.4 Å². The Morgan fingerprint density at radius 3 is 2.62 bits per heavy atom. The number of hydrogen-bond acceptors (Lipinski definition) is 3. The summed E-state index contributed by atoms with van der Waals surface area (Å²) in [6.45, 7) is 9.50. The Kier molecular flexibility index (Phi) is 7.06. The maximum atomic E-state index is 12.1. The van der Waals surface area contributed by atoms with Crippen molar-refractivity contribution in [1.29, 1.82) is 0 Å². The monoisotopic (exact) mass is 361 g/mol. The number of benzene rings is 1. The van der Waals surface area contributed by atoms with Gasteiger partial charge in [-0.15, -0.1) is 0 Å². The van der Waals surface area contributed by atoms with Gasteiger partial charge in [-0.25, -0.2) is 0 Å². The molecule has 144 valence electrons. The van der Waals surface area contributed by atoms with Gasteiger partial charge in [0.1, 0.15) is 5.75 Å². The molecule has 1 amide bonds. The van der Waals surface area contributed by atoms with Gasteiger partial charge < -0.3 is 14.7 Å². The lowest BCUT2D eigenvalue weighted by atomic mass is 9.75. The summed E-state index contributed by atoms with van der Waals surface area (Å²) < 4.78 is 5.57. The Balaban J connectivity index is 2.17. The highest BCUT2D eigenvalue weighted by molar-refractivity contribution is 5.73. The maximum Gasteiger partial charge on any atom is 0.307 e. The molecule has 0 aromatic heterocycles. The zero-order chi connectivity index (χ0) is 19.3. The first-order valence-electron chi connectivity index (χ1n) is 9.62. The molecule has 26 heavy (non-hydrogen) atoms. The second-order valence-corrected chi connectivity index (χ2v) is 7.21. The minimum absolute atomic E-state index is 0.0182. The van der Waals surface area contributed by atoms with Gasteiger partial charge in [-0.1, -0.05) is 26.0 Å². The van der Waals surface area contributed by atoms with E-state index in [2.05, 4.69) is 6.07 Å². The maximum absolute atomic E-state index is 12.1. The number of nitrogens with zero attached hydrogens (tertiary/aromatic N) is 1. The van der Waals surface area contributed by atoms with Gasteiger partial charge in [-0.05, 0) is 48.8 Å². The van der Waals surface area contributed by atoms with Gasteiger partial charge in [0.05, 0.1) is 12.5 Å². The molecule has 5 heteroatoms. The number of carboxylic acids is 1. The van der Waals surface area contributed by atoms with Crippen LogP contribution < -0.4 is 4.74 Å². The summed E-state index contributed by atoms with van der Waals surface area (Å²) in [5, 5.41) is 9.93. The standard InChI is InChI=1S/C21H31NO4/c1-5-18(16-7-8-19-17(13-16)10-12-26-19)20(21(24)25)14(3)9-11-22(6-2)15(4)23/h7-8,13-14,18,20H,5-6,9-12H2,1-4H3,(H,24,25)/t14-,18+,20-/m0/s1. The summed E-state index contributed by atoms with van der Waals surface area (Å²) >= 11 is 0. The molecule has 0 radical (unpaired) electrons. The summed E-state index contributed by atoms with van der Waals surface area (Å²) in [5.74, 6) is -0.324. The summed E-state index contributed by atoms with van der Waals surface area (Å²) in [5.41, 5.74) is 2.25. The summed E-state index contributed by atoms with van der Waals surface area (Å²) in [4.78, 5) is 25.5. The van der Waals surface area contributed by atoms with Crippen molar-refractivity contribution in [3.8, 4) is 5.75 Å². The Morgan fingerprint density at radius 2 is 2.04 bits per heavy atom. The van der Waals surface area contributed by atoms with Gasteiger partial charge in [-0.3, -0.25) is 9.59 Å². The second kappa shape index (κ2) is 9.06. The van der Waals surface area contributed by atoms with E-state index in [4.69, 9.17) is 4.74 Å². The molecule has 0 bridgehead atoms. The van der Waals surface area contributed by atoms with Gasteiger partial charge in [-0.2, -0.15) is 0 Å². The molecule has 3 atom stereocenters. The van der Waals surface area contributed by atoms with Gasteiger partial charge in [0, 0.05) is 26.4 Å². The summed E-state index contributed by atoms with van der Waals surface area (Å²) in [6, 6.07) is 6.10. The van der Waals surface area contributed by atoms with Crippen LogP contribution in [0.2, 0.25) is 0 Å². The number of fused-ring (bicyclic) bond motifs is 1. The highest BCUT2D eigenvalue weighted by Crippen LogP contribution is 2.37. The molecule has 1 aliphatic heterocycles. The third kappa shape index (κ3) is 4.57. The predicted octanol–water partition coefficient (Wildman–Crippen LogP) is 3.71. The molecule has 0 saturated carbocycles.